The molecule has 0 unspecified atom stereocenters. The van der Waals surface area contributed by atoms with Crippen molar-refractivity contribution in [1.82, 2.24) is 0 Å². The topological polar surface area (TPSA) is 25.2 Å². The Kier molecular flexibility index (Phi) is 5.68. The summed E-state index contributed by atoms with van der Waals surface area (Å²) in [5.74, 6) is 0. The Balaban J connectivity index is 1.31. The van der Waals surface area contributed by atoms with Crippen LogP contribution in [0.4, 0.5) is 11.4 Å². The Hall–Kier alpha value is -5.08. The van der Waals surface area contributed by atoms with Crippen LogP contribution >= 0.6 is 0 Å². The van der Waals surface area contributed by atoms with Gasteiger partial charge in [-0.1, -0.05) is 133 Å². The minimum atomic E-state index is -0.417. The van der Waals surface area contributed by atoms with E-state index in [1.807, 2.05) is 12.1 Å². The molecule has 1 N–H and O–H groups in total. The fourth-order valence-electron chi connectivity index (χ4n) is 8.23. The summed E-state index contributed by atoms with van der Waals surface area (Å²) in [7, 11) is 0. The second kappa shape index (κ2) is 9.48. The molecule has 6 aromatic carbocycles. The Morgan fingerprint density at radius 1 is 0.489 bits per heavy atom. The molecule has 2 aliphatic carbocycles. The van der Waals surface area contributed by atoms with E-state index in [0.29, 0.717) is 0 Å². The highest BCUT2D eigenvalue weighted by Crippen LogP contribution is 2.64. The highest BCUT2D eigenvalue weighted by atomic mass is 16.3. The third-order valence-electron chi connectivity index (χ3n) is 10.6. The normalized spacial score (nSPS) is 14.3. The standard InChI is InChI=1S/C45H39NO/c1-43(2,3)27-18-21-30-31-22-19-28(44(4,5)6)25-38(31)45(37(30)24-27)35-14-9-7-13-34(35)42-36(45)15-11-16-39(42)46-29-20-23-33-32-12-8-10-17-40(32)47-41(33)26-29/h7-26,46H,1-6H3. The molecule has 0 saturated carbocycles. The molecular weight excluding hydrogens is 571 g/mol. The summed E-state index contributed by atoms with van der Waals surface area (Å²) in [5.41, 5.74) is 17.0. The number of rotatable bonds is 2. The Labute approximate surface area is 277 Å². The van der Waals surface area contributed by atoms with Gasteiger partial charge in [0.05, 0.1) is 5.41 Å². The molecule has 0 radical (unpaired) electrons. The van der Waals surface area contributed by atoms with Gasteiger partial charge in [0, 0.05) is 33.8 Å². The lowest BCUT2D eigenvalue weighted by Gasteiger charge is -2.33. The molecule has 0 bridgehead atoms. The summed E-state index contributed by atoms with van der Waals surface area (Å²) < 4.78 is 6.27. The molecule has 2 heteroatoms. The van der Waals surface area contributed by atoms with E-state index in [-0.39, 0.29) is 10.8 Å². The molecule has 0 amide bonds. The molecule has 1 heterocycles. The van der Waals surface area contributed by atoms with E-state index >= 15 is 0 Å². The van der Waals surface area contributed by atoms with Gasteiger partial charge in [0.15, 0.2) is 0 Å². The minimum Gasteiger partial charge on any atom is -0.456 e. The first-order chi connectivity index (χ1) is 22.5. The van der Waals surface area contributed by atoms with Crippen LogP contribution in [0, 0.1) is 0 Å². The predicted molar refractivity (Wildman–Crippen MR) is 197 cm³/mol. The maximum absolute atomic E-state index is 6.27. The highest BCUT2D eigenvalue weighted by molar-refractivity contribution is 6.06. The minimum absolute atomic E-state index is 0.0290. The quantitative estimate of drug-likeness (QED) is 0.211. The predicted octanol–water partition coefficient (Wildman–Crippen LogP) is 12.3. The van der Waals surface area contributed by atoms with Gasteiger partial charge in [0.1, 0.15) is 11.2 Å². The number of nitrogens with one attached hydrogen (secondary N) is 1. The van der Waals surface area contributed by atoms with Crippen molar-refractivity contribution >= 4 is 33.3 Å². The average molecular weight is 610 g/mol. The third kappa shape index (κ3) is 3.91. The number of fused-ring (bicyclic) bond motifs is 13. The van der Waals surface area contributed by atoms with Crippen molar-refractivity contribution in [3.8, 4) is 22.3 Å². The largest absolute Gasteiger partial charge is 0.456 e. The lowest BCUT2D eigenvalue weighted by molar-refractivity contribution is 0.586. The molecule has 47 heavy (non-hydrogen) atoms. The average Bonchev–Trinajstić information content (AvgIpc) is 3.67. The van der Waals surface area contributed by atoms with Gasteiger partial charge < -0.3 is 9.73 Å². The zero-order valence-electron chi connectivity index (χ0n) is 28.0. The first-order valence-corrected chi connectivity index (χ1v) is 16.8. The van der Waals surface area contributed by atoms with Crippen LogP contribution in [0.5, 0.6) is 0 Å². The summed E-state index contributed by atoms with van der Waals surface area (Å²) in [4.78, 5) is 0. The van der Waals surface area contributed by atoms with E-state index in [1.54, 1.807) is 0 Å². The van der Waals surface area contributed by atoms with Gasteiger partial charge >= 0.3 is 0 Å². The Bertz CT molecular complexity index is 2350. The van der Waals surface area contributed by atoms with Crippen LogP contribution in [-0.4, -0.2) is 0 Å². The van der Waals surface area contributed by atoms with Gasteiger partial charge in [-0.05, 0) is 85.2 Å². The summed E-state index contributed by atoms with van der Waals surface area (Å²) in [6.45, 7) is 13.9. The van der Waals surface area contributed by atoms with Gasteiger partial charge in [-0.25, -0.2) is 0 Å². The maximum Gasteiger partial charge on any atom is 0.137 e. The number of hydrogen-bond donors (Lipinski definition) is 1. The molecule has 0 atom stereocenters. The highest BCUT2D eigenvalue weighted by Gasteiger charge is 2.52. The van der Waals surface area contributed by atoms with E-state index in [2.05, 4.69) is 156 Å². The Morgan fingerprint density at radius 2 is 1.11 bits per heavy atom. The van der Waals surface area contributed by atoms with Gasteiger partial charge in [-0.15, -0.1) is 0 Å². The van der Waals surface area contributed by atoms with Crippen molar-refractivity contribution in [3.63, 3.8) is 0 Å². The fraction of sp³-hybridized carbons (Fsp3) is 0.200. The summed E-state index contributed by atoms with van der Waals surface area (Å²) >= 11 is 0. The van der Waals surface area contributed by atoms with Crippen LogP contribution in [0.15, 0.2) is 126 Å². The molecule has 2 nitrogen and oxygen atoms in total. The van der Waals surface area contributed by atoms with Crippen LogP contribution < -0.4 is 5.32 Å². The van der Waals surface area contributed by atoms with E-state index in [0.717, 1.165) is 33.3 Å². The molecule has 0 saturated heterocycles. The van der Waals surface area contributed by atoms with E-state index in [1.165, 1.54) is 55.6 Å². The first kappa shape index (κ1) is 28.2. The zero-order chi connectivity index (χ0) is 32.3. The summed E-state index contributed by atoms with van der Waals surface area (Å²) in [6, 6.07) is 45.1. The van der Waals surface area contributed by atoms with Gasteiger partial charge in [0.25, 0.3) is 0 Å². The first-order valence-electron chi connectivity index (χ1n) is 16.8. The van der Waals surface area contributed by atoms with Crippen molar-refractivity contribution in [2.75, 3.05) is 5.32 Å². The zero-order valence-corrected chi connectivity index (χ0v) is 28.0. The molecule has 230 valence electrons. The van der Waals surface area contributed by atoms with Crippen LogP contribution in [0.25, 0.3) is 44.2 Å². The second-order valence-electron chi connectivity index (χ2n) is 15.5. The molecule has 2 aliphatic rings. The lowest BCUT2D eigenvalue weighted by atomic mass is 9.69. The van der Waals surface area contributed by atoms with Gasteiger partial charge in [0.2, 0.25) is 0 Å². The van der Waals surface area contributed by atoms with E-state index < -0.39 is 5.41 Å². The van der Waals surface area contributed by atoms with Gasteiger partial charge in [-0.2, -0.15) is 0 Å². The summed E-state index contributed by atoms with van der Waals surface area (Å²) in [6.07, 6.45) is 0. The SMILES string of the molecule is CC(C)(C)c1ccc2c(c1)C1(c3cc(C(C)(C)C)ccc3-2)c2ccccc2-c2c(Nc3ccc4c(c3)oc3ccccc34)cccc21. The van der Waals surface area contributed by atoms with Crippen molar-refractivity contribution < 1.29 is 4.42 Å². The van der Waals surface area contributed by atoms with Crippen molar-refractivity contribution in [3.05, 3.63) is 155 Å². The monoisotopic (exact) mass is 609 g/mol. The van der Waals surface area contributed by atoms with Crippen LogP contribution in [0.3, 0.4) is 0 Å². The smallest absolute Gasteiger partial charge is 0.137 e. The number of furan rings is 1. The molecule has 9 rings (SSSR count). The van der Waals surface area contributed by atoms with Crippen LogP contribution in [-0.2, 0) is 16.2 Å². The molecule has 7 aromatic rings. The fourth-order valence-corrected chi connectivity index (χ4v) is 8.23. The Morgan fingerprint density at radius 3 is 1.81 bits per heavy atom. The molecule has 0 aliphatic heterocycles. The second-order valence-corrected chi connectivity index (χ2v) is 15.5. The van der Waals surface area contributed by atoms with E-state index in [4.69, 9.17) is 4.42 Å². The maximum atomic E-state index is 6.27. The van der Waals surface area contributed by atoms with Crippen LogP contribution in [0.1, 0.15) is 74.9 Å². The lowest BCUT2D eigenvalue weighted by Crippen LogP contribution is -2.27. The van der Waals surface area contributed by atoms with Crippen molar-refractivity contribution in [2.45, 2.75) is 57.8 Å². The number of anilines is 2. The number of para-hydroxylation sites is 1. The molecule has 1 spiro atoms. The summed E-state index contributed by atoms with van der Waals surface area (Å²) in [5, 5.41) is 6.13. The molecular formula is C45H39NO. The van der Waals surface area contributed by atoms with E-state index in [9.17, 15) is 0 Å². The number of hydrogen-bond acceptors (Lipinski definition) is 2. The van der Waals surface area contributed by atoms with Crippen molar-refractivity contribution in [1.29, 1.82) is 0 Å². The van der Waals surface area contributed by atoms with Crippen molar-refractivity contribution in [2.24, 2.45) is 0 Å². The molecule has 1 aromatic heterocycles. The van der Waals surface area contributed by atoms with Gasteiger partial charge in [-0.3, -0.25) is 0 Å². The molecule has 0 fully saturated rings. The number of benzene rings is 6. The van der Waals surface area contributed by atoms with Crippen LogP contribution in [0.2, 0.25) is 0 Å². The third-order valence-corrected chi connectivity index (χ3v) is 10.6.